The van der Waals surface area contributed by atoms with Crippen molar-refractivity contribution in [1.82, 2.24) is 0 Å². The maximum atomic E-state index is 8.98. The molecule has 0 aliphatic heterocycles. The number of hydrogen-bond donors (Lipinski definition) is 1. The monoisotopic (exact) mass is 425 g/mol. The van der Waals surface area contributed by atoms with Crippen LogP contribution >= 0.6 is 0 Å². The summed E-state index contributed by atoms with van der Waals surface area (Å²) in [6, 6.07) is 8.59. The minimum Gasteiger partial charge on any atom is -1.00 e. The molecule has 5 heteroatoms. The second-order valence-electron chi connectivity index (χ2n) is 5.02. The van der Waals surface area contributed by atoms with Crippen molar-refractivity contribution in [1.29, 1.82) is 0 Å². The van der Waals surface area contributed by atoms with Crippen LogP contribution in [-0.4, -0.2) is 18.3 Å². The Kier molecular flexibility index (Phi) is 8.03. The molecule has 0 bridgehead atoms. The molecule has 0 unspecified atom stereocenters. The van der Waals surface area contributed by atoms with E-state index in [2.05, 4.69) is 43.3 Å². The molecular weight excluding hydrogens is 410 g/mol. The molecule has 23 heavy (non-hydrogen) atoms. The summed E-state index contributed by atoms with van der Waals surface area (Å²) in [5.41, 5.74) is 6.55. The van der Waals surface area contributed by atoms with Gasteiger partial charge in [-0.2, -0.15) is 0 Å². The normalized spacial score (nSPS) is 17.3. The van der Waals surface area contributed by atoms with E-state index in [1.54, 1.807) is 0 Å². The molecule has 2 aliphatic carbocycles. The van der Waals surface area contributed by atoms with Crippen LogP contribution in [0.15, 0.2) is 59.4 Å². The van der Waals surface area contributed by atoms with Gasteiger partial charge in [0.1, 0.15) is 0 Å². The Morgan fingerprint density at radius 3 is 2.57 bits per heavy atom. The smallest absolute Gasteiger partial charge is 1.00 e. The van der Waals surface area contributed by atoms with Crippen LogP contribution in [0.3, 0.4) is 0 Å². The molecule has 0 saturated heterocycles. The van der Waals surface area contributed by atoms with Gasteiger partial charge in [0.2, 0.25) is 0 Å². The van der Waals surface area contributed by atoms with E-state index >= 15 is 0 Å². The van der Waals surface area contributed by atoms with Gasteiger partial charge >= 0.3 is 141 Å². The molecule has 1 aromatic rings. The fourth-order valence-corrected chi connectivity index (χ4v) is 4.19. The third kappa shape index (κ3) is 3.74. The number of benzene rings is 1. The minimum absolute atomic E-state index is 0. The quantitative estimate of drug-likeness (QED) is 0.581. The Morgan fingerprint density at radius 1 is 1.22 bits per heavy atom. The van der Waals surface area contributed by atoms with E-state index in [0.717, 1.165) is 12.2 Å². The predicted octanol–water partition coefficient (Wildman–Crippen LogP) is -2.41. The average molecular weight is 427 g/mol. The second-order valence-corrected chi connectivity index (χ2v) is 6.25. The van der Waals surface area contributed by atoms with Crippen LogP contribution in [-0.2, 0) is 29.5 Å². The first-order valence-corrected chi connectivity index (χ1v) is 8.37. The first-order chi connectivity index (χ1) is 10.3. The summed E-state index contributed by atoms with van der Waals surface area (Å²) in [7, 11) is 0. The van der Waals surface area contributed by atoms with Crippen LogP contribution in [0.5, 0.6) is 0 Å². The van der Waals surface area contributed by atoms with Gasteiger partial charge in [0.25, 0.3) is 0 Å². The Labute approximate surface area is 164 Å². The predicted molar refractivity (Wildman–Crippen MR) is 80.8 cm³/mol. The van der Waals surface area contributed by atoms with Crippen molar-refractivity contribution < 1.29 is 59.4 Å². The zero-order chi connectivity index (χ0) is 14.8. The van der Waals surface area contributed by atoms with Crippen molar-refractivity contribution in [2.45, 2.75) is 13.3 Å². The molecule has 2 nitrogen and oxygen atoms in total. The molecule has 1 N–H and O–H groups in total. The van der Waals surface area contributed by atoms with Crippen molar-refractivity contribution in [3.63, 3.8) is 0 Å². The van der Waals surface area contributed by atoms with Gasteiger partial charge in [-0.05, 0) is 0 Å². The number of fused-ring (bicyclic) bond motifs is 1. The number of hydrogen-bond acceptors (Lipinski definition) is 2. The maximum absolute atomic E-state index is 8.98. The molecule has 3 rings (SSSR count). The molecule has 0 aromatic heterocycles. The third-order valence-electron chi connectivity index (χ3n) is 3.83. The molecule has 0 heterocycles. The first-order valence-electron chi connectivity index (χ1n) is 7.14. The number of rotatable bonds is 4. The van der Waals surface area contributed by atoms with E-state index in [1.165, 1.54) is 55.8 Å². The van der Waals surface area contributed by atoms with Gasteiger partial charge in [0, 0.05) is 0 Å². The molecule has 0 spiro atoms. The van der Waals surface area contributed by atoms with Crippen LogP contribution in [0.4, 0.5) is 0 Å². The number of halogens is 2. The largest absolute Gasteiger partial charge is 1.00 e. The minimum atomic E-state index is 0. The SMILES string of the molecule is CC=C1C(C2=C(OCCO)C=CC2)=[C]([Zr+2])c2ccccc21.[Cl-].[Cl-]. The zero-order valence-electron chi connectivity index (χ0n) is 12.8. The van der Waals surface area contributed by atoms with E-state index in [4.69, 9.17) is 9.84 Å². The van der Waals surface area contributed by atoms with Crippen molar-refractivity contribution in [3.05, 3.63) is 70.5 Å². The number of aliphatic hydroxyl groups excluding tert-OH is 1. The molecule has 0 saturated carbocycles. The summed E-state index contributed by atoms with van der Waals surface area (Å²) < 4.78 is 7.11. The summed E-state index contributed by atoms with van der Waals surface area (Å²) in [4.78, 5) is 0. The average Bonchev–Trinajstić information content (AvgIpc) is 3.07. The Hall–Kier alpha value is -0.597. The second kappa shape index (κ2) is 9.03. The van der Waals surface area contributed by atoms with Crippen molar-refractivity contribution >= 4 is 8.85 Å². The fourth-order valence-electron chi connectivity index (χ4n) is 2.95. The Balaban J connectivity index is 0.00000132. The number of aliphatic hydroxyl groups is 1. The van der Waals surface area contributed by atoms with E-state index in [9.17, 15) is 0 Å². The summed E-state index contributed by atoms with van der Waals surface area (Å²) in [6.07, 6.45) is 7.26. The van der Waals surface area contributed by atoms with E-state index < -0.39 is 0 Å². The molecule has 119 valence electrons. The summed E-state index contributed by atoms with van der Waals surface area (Å²) >= 11 is 1.42. The van der Waals surface area contributed by atoms with Gasteiger partial charge in [0.15, 0.2) is 0 Å². The molecule has 0 radical (unpaired) electrons. The standard InChI is InChI=1S/C18H17O2.2ClH.Zr/c1-2-14-15-7-4-3-6-13(15)12-17(14)16-8-5-9-18(16)20-11-10-19;;;/h2-7,9,19H,8,10-11H2,1H3;2*1H;/q;;;+2/p-2. The third-order valence-corrected chi connectivity index (χ3v) is 5.11. The molecule has 0 atom stereocenters. The van der Waals surface area contributed by atoms with Gasteiger partial charge in [-0.15, -0.1) is 0 Å². The van der Waals surface area contributed by atoms with Crippen molar-refractivity contribution in [3.8, 4) is 0 Å². The first kappa shape index (κ1) is 20.4. The summed E-state index contributed by atoms with van der Waals surface area (Å²) in [5.74, 6) is 0.908. The molecule has 1 aromatic carbocycles. The molecule has 0 amide bonds. The molecular formula is C18H17Cl2O2Zr. The van der Waals surface area contributed by atoms with Crippen molar-refractivity contribution in [2.24, 2.45) is 0 Å². The van der Waals surface area contributed by atoms with Gasteiger partial charge in [0.05, 0.1) is 0 Å². The number of ether oxygens (including phenoxy) is 1. The van der Waals surface area contributed by atoms with Crippen LogP contribution in [0.25, 0.3) is 8.85 Å². The van der Waals surface area contributed by atoms with Crippen LogP contribution in [0.1, 0.15) is 24.5 Å². The van der Waals surface area contributed by atoms with E-state index in [-0.39, 0.29) is 31.4 Å². The topological polar surface area (TPSA) is 29.5 Å². The maximum Gasteiger partial charge on any atom is -1.00 e. The zero-order valence-corrected chi connectivity index (χ0v) is 16.7. The van der Waals surface area contributed by atoms with Gasteiger partial charge in [-0.3, -0.25) is 0 Å². The molecule has 2 aliphatic rings. The van der Waals surface area contributed by atoms with E-state index in [1.807, 2.05) is 6.08 Å². The summed E-state index contributed by atoms with van der Waals surface area (Å²) in [6.45, 7) is 2.49. The van der Waals surface area contributed by atoms with Crippen LogP contribution < -0.4 is 24.8 Å². The van der Waals surface area contributed by atoms with E-state index in [0.29, 0.717) is 6.61 Å². The summed E-state index contributed by atoms with van der Waals surface area (Å²) in [5, 5.41) is 8.98. The fraction of sp³-hybridized carbons (Fsp3) is 0.222. The van der Waals surface area contributed by atoms with Gasteiger partial charge in [-0.25, -0.2) is 0 Å². The Bertz CT molecular complexity index is 703. The van der Waals surface area contributed by atoms with Crippen LogP contribution in [0, 0.1) is 0 Å². The van der Waals surface area contributed by atoms with Gasteiger partial charge in [-0.1, -0.05) is 0 Å². The molecule has 0 fully saturated rings. The van der Waals surface area contributed by atoms with Crippen LogP contribution in [0.2, 0.25) is 0 Å². The number of allylic oxidation sites excluding steroid dienone is 6. The van der Waals surface area contributed by atoms with Crippen molar-refractivity contribution in [2.75, 3.05) is 13.2 Å². The van der Waals surface area contributed by atoms with Gasteiger partial charge < -0.3 is 24.8 Å². The Morgan fingerprint density at radius 2 is 1.91 bits per heavy atom.